The molecule has 1 aromatic carbocycles. The first-order valence-electron chi connectivity index (χ1n) is 8.01. The maximum absolute atomic E-state index is 5.94. The second kappa shape index (κ2) is 6.45. The lowest BCUT2D eigenvalue weighted by atomic mass is 9.51. The highest BCUT2D eigenvalue weighted by Gasteiger charge is 2.58. The molecule has 0 heterocycles. The Morgan fingerprint density at radius 2 is 2.24 bits per heavy atom. The van der Waals surface area contributed by atoms with Gasteiger partial charge in [0.1, 0.15) is 0 Å². The summed E-state index contributed by atoms with van der Waals surface area (Å²) in [6.07, 6.45) is 7.57. The van der Waals surface area contributed by atoms with Crippen LogP contribution in [0.3, 0.4) is 0 Å². The Bertz CT molecular complexity index is 498. The number of hydrogen-bond donors (Lipinski definition) is 1. The number of nitrogens with one attached hydrogen (secondary N) is 1. The molecule has 2 nitrogen and oxygen atoms in total. The highest BCUT2D eigenvalue weighted by molar-refractivity contribution is 7.99. The molecular weight excluding hydrogens is 278 g/mol. The van der Waals surface area contributed by atoms with Gasteiger partial charge >= 0.3 is 0 Å². The Labute approximate surface area is 132 Å². The van der Waals surface area contributed by atoms with Gasteiger partial charge in [0.15, 0.2) is 0 Å². The van der Waals surface area contributed by atoms with E-state index in [2.05, 4.69) is 43.1 Å². The fourth-order valence-corrected chi connectivity index (χ4v) is 4.44. The molecule has 21 heavy (non-hydrogen) atoms. The zero-order chi connectivity index (χ0) is 14.7. The van der Waals surface area contributed by atoms with Crippen molar-refractivity contribution in [3.05, 3.63) is 36.9 Å². The summed E-state index contributed by atoms with van der Waals surface area (Å²) in [6, 6.07) is 9.20. The average Bonchev–Trinajstić information content (AvgIpc) is 2.43. The van der Waals surface area contributed by atoms with Crippen molar-refractivity contribution in [1.29, 1.82) is 0 Å². The number of para-hydroxylation sites is 1. The van der Waals surface area contributed by atoms with Gasteiger partial charge < -0.3 is 10.1 Å². The highest BCUT2D eigenvalue weighted by Crippen LogP contribution is 2.58. The summed E-state index contributed by atoms with van der Waals surface area (Å²) in [4.78, 5) is 1.33. The zero-order valence-electron chi connectivity index (χ0n) is 12.8. The van der Waals surface area contributed by atoms with E-state index in [1.807, 2.05) is 17.8 Å². The molecule has 2 aliphatic rings. The molecule has 1 spiro atoms. The van der Waals surface area contributed by atoms with E-state index in [1.54, 1.807) is 0 Å². The standard InChI is InChI=1S/C18H25NOS/c1-3-12-21-15-9-6-5-8-14(15)19-16-13-17(20-4-2)18(16)10-7-11-18/h3,5-6,8-9,16-17,19H,1,4,7,10-13H2,2H3. The van der Waals surface area contributed by atoms with E-state index in [1.165, 1.54) is 29.8 Å². The van der Waals surface area contributed by atoms with Crippen LogP contribution in [-0.4, -0.2) is 24.5 Å². The molecular formula is C18H25NOS. The second-order valence-corrected chi connectivity index (χ2v) is 7.12. The molecule has 3 heteroatoms. The zero-order valence-corrected chi connectivity index (χ0v) is 13.6. The molecule has 2 saturated carbocycles. The number of anilines is 1. The van der Waals surface area contributed by atoms with Gasteiger partial charge in [0.05, 0.1) is 6.10 Å². The molecule has 0 bridgehead atoms. The summed E-state index contributed by atoms with van der Waals surface area (Å²) in [6.45, 7) is 6.76. The van der Waals surface area contributed by atoms with Gasteiger partial charge in [-0.05, 0) is 38.3 Å². The van der Waals surface area contributed by atoms with E-state index < -0.39 is 0 Å². The Morgan fingerprint density at radius 1 is 1.43 bits per heavy atom. The van der Waals surface area contributed by atoms with Crippen molar-refractivity contribution >= 4 is 17.4 Å². The topological polar surface area (TPSA) is 21.3 Å². The maximum atomic E-state index is 5.94. The molecule has 2 aliphatic carbocycles. The average molecular weight is 303 g/mol. The molecule has 2 fully saturated rings. The summed E-state index contributed by atoms with van der Waals surface area (Å²) in [5.41, 5.74) is 1.68. The fraction of sp³-hybridized carbons (Fsp3) is 0.556. The molecule has 1 N–H and O–H groups in total. The SMILES string of the molecule is C=CCSc1ccccc1NC1CC(OCC)C12CCC2. The van der Waals surface area contributed by atoms with Crippen LogP contribution in [0.4, 0.5) is 5.69 Å². The van der Waals surface area contributed by atoms with Crippen LogP contribution in [0.25, 0.3) is 0 Å². The summed E-state index contributed by atoms with van der Waals surface area (Å²) >= 11 is 1.85. The summed E-state index contributed by atoms with van der Waals surface area (Å²) in [7, 11) is 0. The third kappa shape index (κ3) is 2.74. The third-order valence-corrected chi connectivity index (χ3v) is 6.08. The molecule has 0 aliphatic heterocycles. The van der Waals surface area contributed by atoms with Crippen LogP contribution in [0.5, 0.6) is 0 Å². The Hall–Kier alpha value is -0.930. The summed E-state index contributed by atoms with van der Waals surface area (Å²) < 4.78 is 5.94. The molecule has 2 unspecified atom stereocenters. The Balaban J connectivity index is 1.68. The predicted molar refractivity (Wildman–Crippen MR) is 91.1 cm³/mol. The monoisotopic (exact) mass is 303 g/mol. The van der Waals surface area contributed by atoms with E-state index >= 15 is 0 Å². The van der Waals surface area contributed by atoms with Gasteiger partial charge in [-0.2, -0.15) is 0 Å². The lowest BCUT2D eigenvalue weighted by Crippen LogP contribution is -2.64. The molecule has 1 aromatic rings. The minimum atomic E-state index is 0.409. The van der Waals surface area contributed by atoms with E-state index in [-0.39, 0.29) is 0 Å². The van der Waals surface area contributed by atoms with Crippen molar-refractivity contribution in [3.63, 3.8) is 0 Å². The van der Waals surface area contributed by atoms with Crippen LogP contribution in [0.2, 0.25) is 0 Å². The van der Waals surface area contributed by atoms with E-state index in [9.17, 15) is 0 Å². The van der Waals surface area contributed by atoms with Crippen molar-refractivity contribution in [3.8, 4) is 0 Å². The molecule has 0 amide bonds. The third-order valence-electron chi connectivity index (χ3n) is 5.01. The van der Waals surface area contributed by atoms with E-state index in [0.29, 0.717) is 17.6 Å². The van der Waals surface area contributed by atoms with Gasteiger partial charge in [0.25, 0.3) is 0 Å². The normalized spacial score (nSPS) is 26.0. The molecule has 114 valence electrons. The predicted octanol–water partition coefficient (Wildman–Crippen LogP) is 4.72. The van der Waals surface area contributed by atoms with Crippen LogP contribution >= 0.6 is 11.8 Å². The molecule has 0 saturated heterocycles. The van der Waals surface area contributed by atoms with Crippen molar-refractivity contribution in [2.24, 2.45) is 5.41 Å². The van der Waals surface area contributed by atoms with Gasteiger partial charge in [-0.25, -0.2) is 0 Å². The number of ether oxygens (including phenoxy) is 1. The minimum Gasteiger partial charge on any atom is -0.381 e. The molecule has 2 atom stereocenters. The Kier molecular flexibility index (Phi) is 4.60. The van der Waals surface area contributed by atoms with E-state index in [0.717, 1.165) is 18.8 Å². The number of benzene rings is 1. The van der Waals surface area contributed by atoms with Crippen molar-refractivity contribution < 1.29 is 4.74 Å². The summed E-state index contributed by atoms with van der Waals surface area (Å²) in [5.74, 6) is 0.954. The largest absolute Gasteiger partial charge is 0.381 e. The first-order chi connectivity index (χ1) is 10.3. The molecule has 0 radical (unpaired) electrons. The first-order valence-corrected chi connectivity index (χ1v) is 8.99. The quantitative estimate of drug-likeness (QED) is 0.581. The minimum absolute atomic E-state index is 0.409. The number of rotatable bonds is 7. The van der Waals surface area contributed by atoms with Gasteiger partial charge in [-0.15, -0.1) is 18.3 Å². The summed E-state index contributed by atoms with van der Waals surface area (Å²) in [5, 5.41) is 3.80. The highest BCUT2D eigenvalue weighted by atomic mass is 32.2. The van der Waals surface area contributed by atoms with Crippen LogP contribution in [0, 0.1) is 5.41 Å². The van der Waals surface area contributed by atoms with Crippen molar-refractivity contribution in [2.75, 3.05) is 17.7 Å². The maximum Gasteiger partial charge on any atom is 0.0670 e. The van der Waals surface area contributed by atoms with Gasteiger partial charge in [0.2, 0.25) is 0 Å². The van der Waals surface area contributed by atoms with Crippen molar-refractivity contribution in [2.45, 2.75) is 49.6 Å². The van der Waals surface area contributed by atoms with Gasteiger partial charge in [0, 0.05) is 34.4 Å². The Morgan fingerprint density at radius 3 is 2.90 bits per heavy atom. The fourth-order valence-electron chi connectivity index (χ4n) is 3.69. The second-order valence-electron chi connectivity index (χ2n) is 6.06. The van der Waals surface area contributed by atoms with Gasteiger partial charge in [-0.1, -0.05) is 24.6 Å². The molecule has 0 aromatic heterocycles. The van der Waals surface area contributed by atoms with Crippen LogP contribution in [0.15, 0.2) is 41.8 Å². The lowest BCUT2D eigenvalue weighted by Gasteiger charge is -2.61. The van der Waals surface area contributed by atoms with E-state index in [4.69, 9.17) is 4.74 Å². The van der Waals surface area contributed by atoms with Crippen LogP contribution in [-0.2, 0) is 4.74 Å². The lowest BCUT2D eigenvalue weighted by molar-refractivity contribution is -0.157. The smallest absolute Gasteiger partial charge is 0.0670 e. The first kappa shape index (κ1) is 15.0. The van der Waals surface area contributed by atoms with Crippen LogP contribution < -0.4 is 5.32 Å². The van der Waals surface area contributed by atoms with Crippen LogP contribution in [0.1, 0.15) is 32.6 Å². The number of thioether (sulfide) groups is 1. The molecule has 3 rings (SSSR count). The van der Waals surface area contributed by atoms with Crippen molar-refractivity contribution in [1.82, 2.24) is 0 Å². The van der Waals surface area contributed by atoms with Gasteiger partial charge in [-0.3, -0.25) is 0 Å². The number of hydrogen-bond acceptors (Lipinski definition) is 3.